The van der Waals surface area contributed by atoms with E-state index in [4.69, 9.17) is 0 Å². The number of pyridine rings is 1. The van der Waals surface area contributed by atoms with Crippen LogP contribution >= 0.6 is 0 Å². The fourth-order valence-corrected chi connectivity index (χ4v) is 5.57. The number of carboxylic acid groups (broad SMARTS) is 1. The predicted molar refractivity (Wildman–Crippen MR) is 91.9 cm³/mol. The van der Waals surface area contributed by atoms with Crippen LogP contribution in [0.25, 0.3) is 5.82 Å². The first-order chi connectivity index (χ1) is 12.4. The van der Waals surface area contributed by atoms with Crippen LogP contribution in [0.3, 0.4) is 0 Å². The number of rotatable bonds is 4. The molecule has 4 fully saturated rings. The van der Waals surface area contributed by atoms with E-state index in [1.807, 2.05) is 19.9 Å². The van der Waals surface area contributed by atoms with Crippen LogP contribution in [0.15, 0.2) is 24.4 Å². The summed E-state index contributed by atoms with van der Waals surface area (Å²) in [6.45, 7) is 3.87. The van der Waals surface area contributed by atoms with Gasteiger partial charge in [0.05, 0.1) is 16.7 Å². The number of nitrogens with one attached hydrogen (secondary N) is 1. The lowest BCUT2D eigenvalue weighted by Gasteiger charge is -2.21. The van der Waals surface area contributed by atoms with Crippen molar-refractivity contribution in [1.82, 2.24) is 20.1 Å². The molecule has 3 atom stereocenters. The summed E-state index contributed by atoms with van der Waals surface area (Å²) in [7, 11) is 0. The number of aliphatic carboxylic acids is 1. The number of carboxylic acids is 1. The van der Waals surface area contributed by atoms with Crippen LogP contribution in [0.2, 0.25) is 0 Å². The average molecular weight is 352 g/mol. The zero-order chi connectivity index (χ0) is 18.2. The molecule has 134 valence electrons. The Morgan fingerprint density at radius 2 is 2.00 bits per heavy atom. The van der Waals surface area contributed by atoms with Crippen LogP contribution in [0.4, 0.5) is 0 Å². The van der Waals surface area contributed by atoms with E-state index in [1.54, 1.807) is 16.8 Å². The molecule has 6 rings (SSSR count). The number of hydrogen-bond acceptors (Lipinski definition) is 4. The van der Waals surface area contributed by atoms with Crippen molar-refractivity contribution in [2.75, 3.05) is 0 Å². The van der Waals surface area contributed by atoms with E-state index in [2.05, 4.69) is 15.4 Å². The lowest BCUT2D eigenvalue weighted by atomic mass is 9.97. The average Bonchev–Trinajstić information content (AvgIpc) is 3.06. The van der Waals surface area contributed by atoms with Crippen molar-refractivity contribution in [3.63, 3.8) is 0 Å². The van der Waals surface area contributed by atoms with E-state index in [0.717, 1.165) is 24.2 Å². The van der Waals surface area contributed by atoms with Crippen LogP contribution in [-0.4, -0.2) is 37.8 Å². The van der Waals surface area contributed by atoms with Gasteiger partial charge in [-0.15, -0.1) is 0 Å². The van der Waals surface area contributed by atoms with Crippen molar-refractivity contribution in [2.45, 2.75) is 32.7 Å². The second-order valence-electron chi connectivity index (χ2n) is 7.88. The van der Waals surface area contributed by atoms with Crippen molar-refractivity contribution in [1.29, 1.82) is 0 Å². The fraction of sp³-hybridized carbons (Fsp3) is 0.474. The molecule has 26 heavy (non-hydrogen) atoms. The van der Waals surface area contributed by atoms with Gasteiger partial charge in [0.2, 0.25) is 0 Å². The number of hydrogen-bond donors (Lipinski definition) is 2. The molecule has 3 unspecified atom stereocenters. The Morgan fingerprint density at radius 3 is 2.54 bits per heavy atom. The minimum absolute atomic E-state index is 0.249. The summed E-state index contributed by atoms with van der Waals surface area (Å²) in [6.07, 6.45) is 3.38. The Hall–Kier alpha value is -2.70. The van der Waals surface area contributed by atoms with E-state index >= 15 is 0 Å². The summed E-state index contributed by atoms with van der Waals surface area (Å²) >= 11 is 0. The van der Waals surface area contributed by atoms with E-state index in [9.17, 15) is 14.7 Å². The molecule has 4 saturated carbocycles. The molecule has 4 bridgehead atoms. The molecular weight excluding hydrogens is 332 g/mol. The molecule has 2 heterocycles. The lowest BCUT2D eigenvalue weighted by Crippen LogP contribution is -2.44. The number of nitrogens with zero attached hydrogens (tertiary/aromatic N) is 3. The van der Waals surface area contributed by atoms with Crippen LogP contribution in [0.5, 0.6) is 0 Å². The number of amides is 1. The van der Waals surface area contributed by atoms with Crippen LogP contribution in [-0.2, 0) is 4.79 Å². The first-order valence-electron chi connectivity index (χ1n) is 8.97. The highest BCUT2D eigenvalue weighted by Gasteiger charge is 2.83. The summed E-state index contributed by atoms with van der Waals surface area (Å²) in [5.74, 6) is 0.451. The molecule has 7 heteroatoms. The molecule has 4 aliphatic carbocycles. The Kier molecular flexibility index (Phi) is 2.95. The topological polar surface area (TPSA) is 97.1 Å². The van der Waals surface area contributed by atoms with Gasteiger partial charge in [-0.3, -0.25) is 9.59 Å². The maximum absolute atomic E-state index is 12.6. The number of aromatic nitrogens is 3. The highest BCUT2D eigenvalue weighted by molar-refractivity contribution is 5.95. The molecule has 0 aromatic carbocycles. The van der Waals surface area contributed by atoms with Gasteiger partial charge in [-0.1, -0.05) is 0 Å². The third kappa shape index (κ3) is 1.83. The zero-order valence-electron chi connectivity index (χ0n) is 14.6. The monoisotopic (exact) mass is 352 g/mol. The SMILES string of the molecule is Cc1cc(C)n(-c2ccc(C(=O)NC3C4CC5C(C4)C53C(=O)O)cn2)n1. The standard InChI is InChI=1S/C19H20N4O3/c1-9-5-10(2)23(22-9)15-4-3-11(8-20-15)17(24)21-16-12-6-13-14(7-12)19(13,16)18(25)26/h3-5,8,12-14,16H,6-7H2,1-2H3,(H,21,24)(H,25,26). The largest absolute Gasteiger partial charge is 0.481 e. The first-order valence-corrected chi connectivity index (χ1v) is 8.97. The minimum atomic E-state index is -0.754. The van der Waals surface area contributed by atoms with Gasteiger partial charge in [0.1, 0.15) is 0 Å². The van der Waals surface area contributed by atoms with Crippen LogP contribution in [0.1, 0.15) is 34.6 Å². The van der Waals surface area contributed by atoms with Crippen molar-refractivity contribution in [2.24, 2.45) is 23.2 Å². The zero-order valence-corrected chi connectivity index (χ0v) is 14.6. The highest BCUT2D eigenvalue weighted by Crippen LogP contribution is 2.79. The van der Waals surface area contributed by atoms with Gasteiger partial charge >= 0.3 is 5.97 Å². The Labute approximate surface area is 150 Å². The van der Waals surface area contributed by atoms with Gasteiger partial charge in [0.15, 0.2) is 5.82 Å². The quantitative estimate of drug-likeness (QED) is 0.873. The normalized spacial score (nSPS) is 33.3. The number of carbonyl (C=O) groups is 2. The van der Waals surface area contributed by atoms with Crippen LogP contribution < -0.4 is 5.32 Å². The first kappa shape index (κ1) is 15.5. The van der Waals surface area contributed by atoms with Gasteiger partial charge in [-0.25, -0.2) is 9.67 Å². The summed E-state index contributed by atoms with van der Waals surface area (Å²) < 4.78 is 1.73. The van der Waals surface area contributed by atoms with Crippen molar-refractivity contribution in [3.05, 3.63) is 41.3 Å². The van der Waals surface area contributed by atoms with Gasteiger partial charge in [-0.05, 0) is 62.6 Å². The molecule has 0 spiro atoms. The molecule has 1 amide bonds. The minimum Gasteiger partial charge on any atom is -0.481 e. The highest BCUT2D eigenvalue weighted by atomic mass is 16.4. The smallest absolute Gasteiger partial charge is 0.312 e. The van der Waals surface area contributed by atoms with E-state index in [-0.39, 0.29) is 23.8 Å². The summed E-state index contributed by atoms with van der Waals surface area (Å²) in [5, 5.41) is 17.1. The molecule has 0 saturated heterocycles. The maximum atomic E-state index is 12.6. The van der Waals surface area contributed by atoms with Gasteiger partial charge in [0, 0.05) is 17.9 Å². The van der Waals surface area contributed by atoms with Crippen molar-refractivity contribution >= 4 is 11.9 Å². The second-order valence-corrected chi connectivity index (χ2v) is 7.88. The Morgan fingerprint density at radius 1 is 1.27 bits per heavy atom. The number of aryl methyl sites for hydroxylation is 2. The number of carbonyl (C=O) groups excluding carboxylic acids is 1. The Bertz CT molecular complexity index is 921. The summed E-state index contributed by atoms with van der Waals surface area (Å²) in [4.78, 5) is 28.8. The van der Waals surface area contributed by atoms with Crippen LogP contribution in [0, 0.1) is 37.0 Å². The molecular formula is C19H20N4O3. The summed E-state index contributed by atoms with van der Waals surface area (Å²) in [5.41, 5.74) is 1.61. The third-order valence-corrected chi connectivity index (χ3v) is 6.60. The molecule has 4 aliphatic rings. The van der Waals surface area contributed by atoms with E-state index < -0.39 is 11.4 Å². The second kappa shape index (κ2) is 4.93. The van der Waals surface area contributed by atoms with Gasteiger partial charge < -0.3 is 10.4 Å². The van der Waals surface area contributed by atoms with E-state index in [0.29, 0.717) is 17.3 Å². The van der Waals surface area contributed by atoms with E-state index in [1.165, 1.54) is 6.20 Å². The third-order valence-electron chi connectivity index (χ3n) is 6.60. The van der Waals surface area contributed by atoms with Gasteiger partial charge in [0.25, 0.3) is 5.91 Å². The molecule has 0 radical (unpaired) electrons. The molecule has 2 N–H and O–H groups in total. The molecule has 7 nitrogen and oxygen atoms in total. The molecule has 0 aliphatic heterocycles. The Balaban J connectivity index is 1.35. The fourth-order valence-electron chi connectivity index (χ4n) is 5.57. The van der Waals surface area contributed by atoms with Gasteiger partial charge in [-0.2, -0.15) is 5.10 Å². The molecule has 2 aromatic heterocycles. The molecule has 2 aromatic rings. The van der Waals surface area contributed by atoms with Crippen molar-refractivity contribution in [3.8, 4) is 5.82 Å². The summed E-state index contributed by atoms with van der Waals surface area (Å²) in [6, 6.07) is 5.19. The van der Waals surface area contributed by atoms with Crippen molar-refractivity contribution < 1.29 is 14.7 Å². The predicted octanol–water partition coefficient (Wildman–Crippen LogP) is 1.72. The lowest BCUT2D eigenvalue weighted by molar-refractivity contribution is -0.144. The maximum Gasteiger partial charge on any atom is 0.312 e.